The Labute approximate surface area is 144 Å². The molecule has 1 unspecified atom stereocenters. The summed E-state index contributed by atoms with van der Waals surface area (Å²) in [7, 11) is 1.37. The second kappa shape index (κ2) is 5.55. The maximum Gasteiger partial charge on any atom is 0.337 e. The van der Waals surface area contributed by atoms with E-state index in [4.69, 9.17) is 9.72 Å². The number of carbonyl (C=O) groups is 1. The van der Waals surface area contributed by atoms with Crippen LogP contribution in [0.1, 0.15) is 34.5 Å². The van der Waals surface area contributed by atoms with Crippen molar-refractivity contribution in [2.75, 3.05) is 7.11 Å². The molecule has 1 aliphatic rings. The van der Waals surface area contributed by atoms with Crippen LogP contribution >= 0.6 is 0 Å². The van der Waals surface area contributed by atoms with Crippen molar-refractivity contribution in [2.45, 2.75) is 26.3 Å². The van der Waals surface area contributed by atoms with E-state index in [1.165, 1.54) is 7.11 Å². The number of carbonyl (C=O) groups excluding carboxylic acids is 1. The summed E-state index contributed by atoms with van der Waals surface area (Å²) >= 11 is 0. The minimum Gasteiger partial charge on any atom is -0.465 e. The molecule has 5 nitrogen and oxygen atoms in total. The number of hydrogen-bond acceptors (Lipinski definition) is 4. The van der Waals surface area contributed by atoms with Crippen LogP contribution < -0.4 is 5.56 Å². The average Bonchev–Trinajstić information content (AvgIpc) is 2.61. The summed E-state index contributed by atoms with van der Waals surface area (Å²) in [6.07, 6.45) is 0.673. The molecular formula is C20H18N2O3. The zero-order valence-corrected chi connectivity index (χ0v) is 14.4. The molecule has 1 aromatic heterocycles. The third-order valence-corrected chi connectivity index (χ3v) is 4.78. The second-order valence-corrected chi connectivity index (χ2v) is 6.55. The van der Waals surface area contributed by atoms with E-state index in [1.54, 1.807) is 10.6 Å². The number of methoxy groups -OCH3 is 1. The van der Waals surface area contributed by atoms with Crippen LogP contribution in [0.3, 0.4) is 0 Å². The van der Waals surface area contributed by atoms with Crippen molar-refractivity contribution in [3.63, 3.8) is 0 Å². The molecule has 0 fully saturated rings. The summed E-state index contributed by atoms with van der Waals surface area (Å²) in [4.78, 5) is 29.6. The van der Waals surface area contributed by atoms with Gasteiger partial charge in [0, 0.05) is 11.6 Å². The van der Waals surface area contributed by atoms with E-state index in [0.29, 0.717) is 28.7 Å². The van der Waals surface area contributed by atoms with Gasteiger partial charge in [-0.3, -0.25) is 9.36 Å². The van der Waals surface area contributed by atoms with Crippen molar-refractivity contribution in [1.82, 2.24) is 9.55 Å². The SMILES string of the molecule is COC(=O)c1ccc2c(c1)CC(C)n1c-2nc2ccc(C)cc2c1=O. The van der Waals surface area contributed by atoms with Gasteiger partial charge in [0.2, 0.25) is 0 Å². The molecule has 1 atom stereocenters. The summed E-state index contributed by atoms with van der Waals surface area (Å²) in [5, 5.41) is 0.644. The highest BCUT2D eigenvalue weighted by atomic mass is 16.5. The molecule has 3 aromatic rings. The topological polar surface area (TPSA) is 61.2 Å². The number of nitrogens with zero attached hydrogens (tertiary/aromatic N) is 2. The molecule has 126 valence electrons. The highest BCUT2D eigenvalue weighted by Crippen LogP contribution is 2.33. The Balaban J connectivity index is 2.00. The molecule has 4 rings (SSSR count). The highest BCUT2D eigenvalue weighted by molar-refractivity contribution is 5.90. The molecule has 5 heteroatoms. The van der Waals surface area contributed by atoms with Gasteiger partial charge in [-0.25, -0.2) is 9.78 Å². The van der Waals surface area contributed by atoms with Crippen molar-refractivity contribution in [3.05, 3.63) is 63.4 Å². The Morgan fingerprint density at radius 1 is 1.24 bits per heavy atom. The highest BCUT2D eigenvalue weighted by Gasteiger charge is 2.26. The normalized spacial score (nSPS) is 15.6. The minimum absolute atomic E-state index is 0.0149. The lowest BCUT2D eigenvalue weighted by molar-refractivity contribution is 0.0600. The van der Waals surface area contributed by atoms with Crippen LogP contribution in [0.4, 0.5) is 0 Å². The number of aryl methyl sites for hydroxylation is 1. The monoisotopic (exact) mass is 334 g/mol. The lowest BCUT2D eigenvalue weighted by Crippen LogP contribution is -2.30. The summed E-state index contributed by atoms with van der Waals surface area (Å²) in [6, 6.07) is 11.1. The average molecular weight is 334 g/mol. The van der Waals surface area contributed by atoms with Gasteiger partial charge in [0.1, 0.15) is 5.82 Å². The molecule has 0 bridgehead atoms. The van der Waals surface area contributed by atoms with Gasteiger partial charge in [-0.05, 0) is 50.1 Å². The van der Waals surface area contributed by atoms with Crippen LogP contribution in [0.15, 0.2) is 41.2 Å². The van der Waals surface area contributed by atoms with Crippen LogP contribution in [-0.2, 0) is 11.2 Å². The van der Waals surface area contributed by atoms with E-state index < -0.39 is 0 Å². The Morgan fingerprint density at radius 2 is 2.04 bits per heavy atom. The number of benzene rings is 2. The third kappa shape index (κ3) is 2.35. The van der Waals surface area contributed by atoms with Crippen molar-refractivity contribution < 1.29 is 9.53 Å². The van der Waals surface area contributed by atoms with Crippen LogP contribution in [0.5, 0.6) is 0 Å². The maximum absolute atomic E-state index is 13.0. The van der Waals surface area contributed by atoms with E-state index in [0.717, 1.165) is 16.7 Å². The predicted molar refractivity (Wildman–Crippen MR) is 95.9 cm³/mol. The third-order valence-electron chi connectivity index (χ3n) is 4.78. The lowest BCUT2D eigenvalue weighted by atomic mass is 9.93. The minimum atomic E-state index is -0.361. The quantitative estimate of drug-likeness (QED) is 0.641. The molecule has 0 N–H and O–H groups in total. The standard InChI is InChI=1S/C20H18N2O3/c1-11-4-7-17-16(8-11)19(23)22-12(2)9-14-10-13(20(24)25-3)5-6-15(14)18(22)21-17/h4-8,10,12H,9H2,1-3H3. The van der Waals surface area contributed by atoms with Crippen LogP contribution in [-0.4, -0.2) is 22.6 Å². The molecule has 25 heavy (non-hydrogen) atoms. The number of aromatic nitrogens is 2. The van der Waals surface area contributed by atoms with Gasteiger partial charge in [0.05, 0.1) is 23.6 Å². The van der Waals surface area contributed by atoms with E-state index in [2.05, 4.69) is 0 Å². The zero-order valence-electron chi connectivity index (χ0n) is 14.4. The largest absolute Gasteiger partial charge is 0.465 e. The number of ether oxygens (including phenoxy) is 1. The van der Waals surface area contributed by atoms with Gasteiger partial charge in [-0.1, -0.05) is 17.7 Å². The van der Waals surface area contributed by atoms with Gasteiger partial charge in [0.25, 0.3) is 5.56 Å². The number of hydrogen-bond donors (Lipinski definition) is 0. The molecule has 0 saturated heterocycles. The second-order valence-electron chi connectivity index (χ2n) is 6.55. The molecule has 0 amide bonds. The van der Waals surface area contributed by atoms with Gasteiger partial charge < -0.3 is 4.74 Å². The Hall–Kier alpha value is -2.95. The molecule has 2 aromatic carbocycles. The van der Waals surface area contributed by atoms with E-state index >= 15 is 0 Å². The number of fused-ring (bicyclic) bond motifs is 4. The number of esters is 1. The van der Waals surface area contributed by atoms with Gasteiger partial charge in [-0.15, -0.1) is 0 Å². The van der Waals surface area contributed by atoms with Crippen LogP contribution in [0.25, 0.3) is 22.3 Å². The van der Waals surface area contributed by atoms with Crippen molar-refractivity contribution in [3.8, 4) is 11.4 Å². The molecular weight excluding hydrogens is 316 g/mol. The summed E-state index contributed by atoms with van der Waals surface area (Å²) in [5.74, 6) is 0.298. The summed E-state index contributed by atoms with van der Waals surface area (Å²) in [5.41, 5.74) is 4.14. The fourth-order valence-electron chi connectivity index (χ4n) is 3.55. The zero-order chi connectivity index (χ0) is 17.7. The summed E-state index contributed by atoms with van der Waals surface area (Å²) < 4.78 is 6.57. The van der Waals surface area contributed by atoms with Gasteiger partial charge in [0.15, 0.2) is 0 Å². The van der Waals surface area contributed by atoms with Crippen molar-refractivity contribution in [2.24, 2.45) is 0 Å². The van der Waals surface area contributed by atoms with Gasteiger partial charge in [-0.2, -0.15) is 0 Å². The molecule has 0 spiro atoms. The molecule has 0 saturated carbocycles. The predicted octanol–water partition coefficient (Wildman–Crippen LogP) is 3.28. The van der Waals surface area contributed by atoms with Crippen LogP contribution in [0, 0.1) is 6.92 Å². The first kappa shape index (κ1) is 15.6. The van der Waals surface area contributed by atoms with E-state index in [1.807, 2.05) is 44.2 Å². The van der Waals surface area contributed by atoms with Crippen LogP contribution in [0.2, 0.25) is 0 Å². The molecule has 1 aliphatic heterocycles. The first-order chi connectivity index (χ1) is 12.0. The Morgan fingerprint density at radius 3 is 2.80 bits per heavy atom. The van der Waals surface area contributed by atoms with Crippen molar-refractivity contribution >= 4 is 16.9 Å². The lowest BCUT2D eigenvalue weighted by Gasteiger charge is -2.27. The maximum atomic E-state index is 13.0. The first-order valence-corrected chi connectivity index (χ1v) is 8.24. The Kier molecular flexibility index (Phi) is 3.46. The number of rotatable bonds is 1. The van der Waals surface area contributed by atoms with Gasteiger partial charge >= 0.3 is 5.97 Å². The fraction of sp³-hybridized carbons (Fsp3) is 0.250. The first-order valence-electron chi connectivity index (χ1n) is 8.24. The molecule has 0 aliphatic carbocycles. The van der Waals surface area contributed by atoms with E-state index in [-0.39, 0.29) is 17.6 Å². The molecule has 0 radical (unpaired) electrons. The summed E-state index contributed by atoms with van der Waals surface area (Å²) in [6.45, 7) is 3.97. The Bertz CT molecular complexity index is 1080. The smallest absolute Gasteiger partial charge is 0.337 e. The fourth-order valence-corrected chi connectivity index (χ4v) is 3.55. The van der Waals surface area contributed by atoms with E-state index in [9.17, 15) is 9.59 Å². The van der Waals surface area contributed by atoms with Crippen molar-refractivity contribution in [1.29, 1.82) is 0 Å². The molecule has 2 heterocycles.